The summed E-state index contributed by atoms with van der Waals surface area (Å²) in [7, 11) is 0. The van der Waals surface area contributed by atoms with Crippen LogP contribution in [-0.2, 0) is 4.79 Å². The smallest absolute Gasteiger partial charge is 0.303 e. The number of carboxylic acids is 1. The van der Waals surface area contributed by atoms with Crippen LogP contribution in [0.2, 0.25) is 0 Å². The molecule has 100 valence electrons. The fraction of sp³-hybridized carbons (Fsp3) is 0.500. The van der Waals surface area contributed by atoms with E-state index in [4.69, 9.17) is 15.6 Å². The lowest BCUT2D eigenvalue weighted by molar-refractivity contribution is -0.137. The second-order valence-corrected chi connectivity index (χ2v) is 4.73. The highest BCUT2D eigenvalue weighted by Crippen LogP contribution is 2.24. The standard InChI is InChI=1S/C14H21NO3/c1-9(2)18-13-6-4-11(8-10(13)3)12(15)5-7-14(16)17/h4,6,8-9,12H,5,7,15H2,1-3H3,(H,16,17). The number of carboxylic acid groups (broad SMARTS) is 1. The Labute approximate surface area is 108 Å². The summed E-state index contributed by atoms with van der Waals surface area (Å²) in [4.78, 5) is 10.5. The van der Waals surface area contributed by atoms with E-state index in [-0.39, 0.29) is 18.6 Å². The molecule has 0 aliphatic heterocycles. The van der Waals surface area contributed by atoms with Gasteiger partial charge in [0.25, 0.3) is 0 Å². The van der Waals surface area contributed by atoms with Crippen molar-refractivity contribution in [2.75, 3.05) is 0 Å². The van der Waals surface area contributed by atoms with Crippen molar-refractivity contribution in [2.24, 2.45) is 5.73 Å². The number of ether oxygens (including phenoxy) is 1. The monoisotopic (exact) mass is 251 g/mol. The maximum atomic E-state index is 10.5. The molecule has 0 saturated heterocycles. The van der Waals surface area contributed by atoms with Gasteiger partial charge in [-0.25, -0.2) is 0 Å². The summed E-state index contributed by atoms with van der Waals surface area (Å²) in [6.07, 6.45) is 0.666. The van der Waals surface area contributed by atoms with Gasteiger partial charge in [0.2, 0.25) is 0 Å². The number of hydrogen-bond donors (Lipinski definition) is 2. The van der Waals surface area contributed by atoms with Crippen molar-refractivity contribution in [1.29, 1.82) is 0 Å². The van der Waals surface area contributed by atoms with Crippen LogP contribution in [0.4, 0.5) is 0 Å². The Kier molecular flexibility index (Phi) is 5.16. The van der Waals surface area contributed by atoms with Crippen molar-refractivity contribution in [1.82, 2.24) is 0 Å². The number of aliphatic carboxylic acids is 1. The van der Waals surface area contributed by atoms with Crippen molar-refractivity contribution in [3.63, 3.8) is 0 Å². The zero-order valence-corrected chi connectivity index (χ0v) is 11.1. The first-order chi connectivity index (χ1) is 8.40. The number of benzene rings is 1. The molecule has 18 heavy (non-hydrogen) atoms. The van der Waals surface area contributed by atoms with E-state index in [2.05, 4.69) is 0 Å². The van der Waals surface area contributed by atoms with Crippen LogP contribution in [0.3, 0.4) is 0 Å². The lowest BCUT2D eigenvalue weighted by Gasteiger charge is -2.16. The van der Waals surface area contributed by atoms with Crippen LogP contribution >= 0.6 is 0 Å². The second-order valence-electron chi connectivity index (χ2n) is 4.73. The summed E-state index contributed by atoms with van der Waals surface area (Å²) < 4.78 is 5.64. The van der Waals surface area contributed by atoms with E-state index in [0.717, 1.165) is 16.9 Å². The van der Waals surface area contributed by atoms with Gasteiger partial charge in [-0.05, 0) is 44.4 Å². The second kappa shape index (κ2) is 6.40. The van der Waals surface area contributed by atoms with Crippen molar-refractivity contribution in [3.05, 3.63) is 29.3 Å². The summed E-state index contributed by atoms with van der Waals surface area (Å²) in [6, 6.07) is 5.51. The number of nitrogens with two attached hydrogens (primary N) is 1. The lowest BCUT2D eigenvalue weighted by Crippen LogP contribution is -2.13. The maximum absolute atomic E-state index is 10.5. The molecule has 3 N–H and O–H groups in total. The van der Waals surface area contributed by atoms with Crippen LogP contribution in [0.5, 0.6) is 5.75 Å². The fourth-order valence-corrected chi connectivity index (χ4v) is 1.74. The molecule has 1 unspecified atom stereocenters. The van der Waals surface area contributed by atoms with Crippen molar-refractivity contribution >= 4 is 5.97 Å². The van der Waals surface area contributed by atoms with E-state index in [1.807, 2.05) is 39.0 Å². The summed E-state index contributed by atoms with van der Waals surface area (Å²) in [5.74, 6) is 0.0288. The average molecular weight is 251 g/mol. The molecule has 4 heteroatoms. The molecule has 0 aliphatic carbocycles. The predicted octanol–water partition coefficient (Wildman–Crippen LogP) is 2.65. The number of hydrogen-bond acceptors (Lipinski definition) is 3. The summed E-state index contributed by atoms with van der Waals surface area (Å²) in [6.45, 7) is 5.92. The lowest BCUT2D eigenvalue weighted by atomic mass is 10.0. The van der Waals surface area contributed by atoms with Gasteiger partial charge in [0, 0.05) is 12.5 Å². The minimum absolute atomic E-state index is 0.0878. The number of carbonyl (C=O) groups is 1. The molecule has 0 saturated carbocycles. The van der Waals surface area contributed by atoms with Gasteiger partial charge in [0.05, 0.1) is 6.10 Å². The Morgan fingerprint density at radius 3 is 2.61 bits per heavy atom. The van der Waals surface area contributed by atoms with Crippen LogP contribution < -0.4 is 10.5 Å². The molecule has 1 atom stereocenters. The molecule has 1 aromatic rings. The minimum atomic E-state index is -0.818. The first-order valence-corrected chi connectivity index (χ1v) is 6.14. The molecule has 0 aliphatic rings. The molecular formula is C14H21NO3. The average Bonchev–Trinajstić information content (AvgIpc) is 2.28. The van der Waals surface area contributed by atoms with Gasteiger partial charge in [0.1, 0.15) is 5.75 Å². The fourth-order valence-electron chi connectivity index (χ4n) is 1.74. The number of aryl methyl sites for hydroxylation is 1. The van der Waals surface area contributed by atoms with Gasteiger partial charge in [-0.3, -0.25) is 4.79 Å². The zero-order chi connectivity index (χ0) is 13.7. The predicted molar refractivity (Wildman–Crippen MR) is 70.7 cm³/mol. The van der Waals surface area contributed by atoms with Crippen molar-refractivity contribution in [2.45, 2.75) is 45.8 Å². The molecule has 0 radical (unpaired) electrons. The Balaban J connectivity index is 2.73. The van der Waals surface area contributed by atoms with E-state index in [9.17, 15) is 4.79 Å². The maximum Gasteiger partial charge on any atom is 0.303 e. The van der Waals surface area contributed by atoms with E-state index < -0.39 is 5.97 Å². The zero-order valence-electron chi connectivity index (χ0n) is 11.1. The van der Waals surface area contributed by atoms with E-state index in [1.165, 1.54) is 0 Å². The van der Waals surface area contributed by atoms with Crippen molar-refractivity contribution in [3.8, 4) is 5.75 Å². The van der Waals surface area contributed by atoms with Crippen LogP contribution in [-0.4, -0.2) is 17.2 Å². The minimum Gasteiger partial charge on any atom is -0.491 e. The third kappa shape index (κ3) is 4.37. The molecule has 4 nitrogen and oxygen atoms in total. The van der Waals surface area contributed by atoms with Gasteiger partial charge >= 0.3 is 5.97 Å². The third-order valence-electron chi connectivity index (χ3n) is 2.66. The van der Waals surface area contributed by atoms with Crippen molar-refractivity contribution < 1.29 is 14.6 Å². The highest BCUT2D eigenvalue weighted by molar-refractivity contribution is 5.66. The number of rotatable bonds is 6. The molecule has 0 spiro atoms. The SMILES string of the molecule is Cc1cc(C(N)CCC(=O)O)ccc1OC(C)C. The van der Waals surface area contributed by atoms with Gasteiger partial charge in [-0.2, -0.15) is 0 Å². The molecule has 0 amide bonds. The van der Waals surface area contributed by atoms with E-state index in [0.29, 0.717) is 6.42 Å². The quantitative estimate of drug-likeness (QED) is 0.815. The normalized spacial score (nSPS) is 12.5. The van der Waals surface area contributed by atoms with Gasteiger partial charge in [0.15, 0.2) is 0 Å². The van der Waals surface area contributed by atoms with Crippen LogP contribution in [0.1, 0.15) is 43.9 Å². The molecule has 1 aromatic carbocycles. The van der Waals surface area contributed by atoms with E-state index >= 15 is 0 Å². The first-order valence-electron chi connectivity index (χ1n) is 6.14. The molecule has 0 bridgehead atoms. The van der Waals surface area contributed by atoms with Gasteiger partial charge in [-0.15, -0.1) is 0 Å². The molecule has 1 rings (SSSR count). The highest BCUT2D eigenvalue weighted by Gasteiger charge is 2.10. The van der Waals surface area contributed by atoms with Crippen LogP contribution in [0.15, 0.2) is 18.2 Å². The highest BCUT2D eigenvalue weighted by atomic mass is 16.5. The molecular weight excluding hydrogens is 230 g/mol. The molecule has 0 heterocycles. The van der Waals surface area contributed by atoms with Crippen LogP contribution in [0, 0.1) is 6.92 Å². The largest absolute Gasteiger partial charge is 0.491 e. The Morgan fingerprint density at radius 1 is 1.44 bits per heavy atom. The van der Waals surface area contributed by atoms with Crippen LogP contribution in [0.25, 0.3) is 0 Å². The summed E-state index contributed by atoms with van der Waals surface area (Å²) in [5, 5.41) is 8.63. The van der Waals surface area contributed by atoms with Gasteiger partial charge in [-0.1, -0.05) is 12.1 Å². The Morgan fingerprint density at radius 2 is 2.11 bits per heavy atom. The topological polar surface area (TPSA) is 72.6 Å². The third-order valence-corrected chi connectivity index (χ3v) is 2.66. The van der Waals surface area contributed by atoms with E-state index in [1.54, 1.807) is 0 Å². The van der Waals surface area contributed by atoms with Gasteiger partial charge < -0.3 is 15.6 Å². The Hall–Kier alpha value is -1.55. The molecule has 0 fully saturated rings. The summed E-state index contributed by atoms with van der Waals surface area (Å²) >= 11 is 0. The summed E-state index contributed by atoms with van der Waals surface area (Å²) in [5.41, 5.74) is 7.93. The Bertz CT molecular complexity index is 416. The molecule has 0 aromatic heterocycles. The first kappa shape index (κ1) is 14.5.